The molecule has 0 fully saturated rings. The molecule has 0 atom stereocenters. The number of amides is 2. The molecule has 1 aliphatic heterocycles. The van der Waals surface area contributed by atoms with Gasteiger partial charge in [0, 0.05) is 28.2 Å². The number of nitrogens with zero attached hydrogens (tertiary/aromatic N) is 2. The Morgan fingerprint density at radius 2 is 1.56 bits per heavy atom. The first kappa shape index (κ1) is 20.1. The second kappa shape index (κ2) is 8.36. The van der Waals surface area contributed by atoms with E-state index in [9.17, 15) is 9.59 Å². The molecule has 5 nitrogen and oxygen atoms in total. The highest BCUT2D eigenvalue weighted by Crippen LogP contribution is 2.33. The summed E-state index contributed by atoms with van der Waals surface area (Å²) in [5.41, 5.74) is 4.87. The van der Waals surface area contributed by atoms with Crippen molar-refractivity contribution >= 4 is 34.8 Å². The van der Waals surface area contributed by atoms with E-state index in [4.69, 9.17) is 11.6 Å². The smallest absolute Gasteiger partial charge is 0.258 e. The molecule has 0 saturated carbocycles. The molecule has 3 aromatic carbocycles. The Balaban J connectivity index is 1.32. The van der Waals surface area contributed by atoms with Crippen LogP contribution >= 0.6 is 11.6 Å². The summed E-state index contributed by atoms with van der Waals surface area (Å²) in [6, 6.07) is 26.1. The van der Waals surface area contributed by atoms with Crippen molar-refractivity contribution in [2.75, 3.05) is 10.2 Å². The highest BCUT2D eigenvalue weighted by atomic mass is 35.5. The van der Waals surface area contributed by atoms with Crippen molar-refractivity contribution in [3.8, 4) is 5.69 Å². The maximum Gasteiger partial charge on any atom is 0.258 e. The van der Waals surface area contributed by atoms with Crippen LogP contribution in [-0.4, -0.2) is 16.4 Å². The minimum Gasteiger partial charge on any atom is -0.326 e. The number of hydrogen-bond acceptors (Lipinski definition) is 2. The SMILES string of the molecule is O=C(Cc1ccccc1Cl)Nc1ccc(C(=O)N2Cc3cccn3-c3ccccc32)cc1. The normalized spacial score (nSPS) is 12.1. The molecule has 2 amide bonds. The molecule has 0 radical (unpaired) electrons. The van der Waals surface area contributed by atoms with E-state index in [1.165, 1.54) is 0 Å². The molecule has 0 unspecified atom stereocenters. The van der Waals surface area contributed by atoms with Crippen LogP contribution in [0.2, 0.25) is 5.02 Å². The second-order valence-corrected chi connectivity index (χ2v) is 8.05. The number of anilines is 2. The molecule has 2 heterocycles. The number of halogens is 1. The lowest BCUT2D eigenvalue weighted by molar-refractivity contribution is -0.115. The van der Waals surface area contributed by atoms with E-state index in [1.54, 1.807) is 35.2 Å². The summed E-state index contributed by atoms with van der Waals surface area (Å²) in [5.74, 6) is -0.248. The van der Waals surface area contributed by atoms with Gasteiger partial charge in [0.05, 0.1) is 24.3 Å². The fourth-order valence-corrected chi connectivity index (χ4v) is 4.18. The van der Waals surface area contributed by atoms with E-state index in [2.05, 4.69) is 9.88 Å². The Labute approximate surface area is 190 Å². The van der Waals surface area contributed by atoms with E-state index in [1.807, 2.05) is 60.8 Å². The van der Waals surface area contributed by atoms with Crippen LogP contribution in [0, 0.1) is 0 Å². The molecule has 158 valence electrons. The van der Waals surface area contributed by atoms with Gasteiger partial charge in [-0.3, -0.25) is 9.59 Å². The van der Waals surface area contributed by atoms with Gasteiger partial charge in [-0.05, 0) is 60.2 Å². The first-order valence-corrected chi connectivity index (χ1v) is 10.7. The van der Waals surface area contributed by atoms with E-state index in [0.717, 1.165) is 22.6 Å². The maximum atomic E-state index is 13.3. The van der Waals surface area contributed by atoms with Crippen LogP contribution in [0.3, 0.4) is 0 Å². The highest BCUT2D eigenvalue weighted by molar-refractivity contribution is 6.31. The zero-order chi connectivity index (χ0) is 22.1. The Morgan fingerprint density at radius 1 is 0.844 bits per heavy atom. The van der Waals surface area contributed by atoms with Gasteiger partial charge in [-0.1, -0.05) is 41.9 Å². The van der Waals surface area contributed by atoms with Gasteiger partial charge in [-0.15, -0.1) is 0 Å². The number of fused-ring (bicyclic) bond motifs is 3. The van der Waals surface area contributed by atoms with Crippen molar-refractivity contribution in [3.05, 3.63) is 113 Å². The topological polar surface area (TPSA) is 54.3 Å². The van der Waals surface area contributed by atoms with Crippen molar-refractivity contribution in [2.45, 2.75) is 13.0 Å². The molecule has 1 aliphatic rings. The lowest BCUT2D eigenvalue weighted by Gasteiger charge is -2.31. The van der Waals surface area contributed by atoms with E-state index >= 15 is 0 Å². The summed E-state index contributed by atoms with van der Waals surface area (Å²) in [6.45, 7) is 0.499. The average Bonchev–Trinajstić information content (AvgIpc) is 3.29. The zero-order valence-electron chi connectivity index (χ0n) is 17.2. The fraction of sp³-hybridized carbons (Fsp3) is 0.0769. The second-order valence-electron chi connectivity index (χ2n) is 7.64. The minimum absolute atomic E-state index is 0.0844. The van der Waals surface area contributed by atoms with Crippen LogP contribution in [0.4, 0.5) is 11.4 Å². The van der Waals surface area contributed by atoms with Gasteiger partial charge in [0.25, 0.3) is 5.91 Å². The summed E-state index contributed by atoms with van der Waals surface area (Å²) < 4.78 is 2.11. The van der Waals surface area contributed by atoms with Crippen molar-refractivity contribution < 1.29 is 9.59 Å². The lowest BCUT2D eigenvalue weighted by atomic mass is 10.1. The monoisotopic (exact) mass is 441 g/mol. The zero-order valence-corrected chi connectivity index (χ0v) is 17.9. The number of rotatable bonds is 4. The number of nitrogens with one attached hydrogen (secondary N) is 1. The number of benzene rings is 3. The third-order valence-electron chi connectivity index (χ3n) is 5.55. The van der Waals surface area contributed by atoms with Crippen molar-refractivity contribution in [3.63, 3.8) is 0 Å². The number of hydrogen-bond donors (Lipinski definition) is 1. The van der Waals surface area contributed by atoms with Crippen molar-refractivity contribution in [1.29, 1.82) is 0 Å². The average molecular weight is 442 g/mol. The minimum atomic E-state index is -0.164. The first-order valence-electron chi connectivity index (χ1n) is 10.3. The highest BCUT2D eigenvalue weighted by Gasteiger charge is 2.26. The van der Waals surface area contributed by atoms with Crippen molar-refractivity contribution in [1.82, 2.24) is 4.57 Å². The molecular weight excluding hydrogens is 422 g/mol. The van der Waals surface area contributed by atoms with Crippen LogP contribution in [0.1, 0.15) is 21.6 Å². The fourth-order valence-electron chi connectivity index (χ4n) is 3.98. The Bertz CT molecular complexity index is 1310. The molecule has 0 aliphatic carbocycles. The predicted molar refractivity (Wildman–Crippen MR) is 127 cm³/mol. The number of carbonyl (C=O) groups excluding carboxylic acids is 2. The molecule has 0 spiro atoms. The Kier molecular flexibility index (Phi) is 5.25. The molecule has 5 rings (SSSR count). The summed E-state index contributed by atoms with van der Waals surface area (Å²) >= 11 is 6.14. The summed E-state index contributed by atoms with van der Waals surface area (Å²) in [5, 5.41) is 3.43. The molecule has 0 saturated heterocycles. The van der Waals surface area contributed by atoms with Crippen LogP contribution in [-0.2, 0) is 17.8 Å². The quantitative estimate of drug-likeness (QED) is 0.456. The molecular formula is C26H20ClN3O2. The molecule has 0 bridgehead atoms. The van der Waals surface area contributed by atoms with E-state index in [0.29, 0.717) is 22.8 Å². The van der Waals surface area contributed by atoms with E-state index in [-0.39, 0.29) is 18.2 Å². The maximum absolute atomic E-state index is 13.3. The van der Waals surface area contributed by atoms with Gasteiger partial charge in [0.2, 0.25) is 5.91 Å². The third kappa shape index (κ3) is 3.79. The summed E-state index contributed by atoms with van der Waals surface area (Å²) in [7, 11) is 0. The first-order chi connectivity index (χ1) is 15.6. The predicted octanol–water partition coefficient (Wildman–Crippen LogP) is 5.47. The van der Waals surface area contributed by atoms with Crippen LogP contribution in [0.25, 0.3) is 5.69 Å². The number of para-hydroxylation sites is 2. The number of carbonyl (C=O) groups is 2. The molecule has 6 heteroatoms. The lowest BCUT2D eigenvalue weighted by Crippen LogP contribution is -2.34. The van der Waals surface area contributed by atoms with Gasteiger partial charge in [0.15, 0.2) is 0 Å². The van der Waals surface area contributed by atoms with Crippen LogP contribution in [0.5, 0.6) is 0 Å². The van der Waals surface area contributed by atoms with Crippen molar-refractivity contribution in [2.24, 2.45) is 0 Å². The standard InChI is InChI=1S/C26H20ClN3O2/c27-22-8-2-1-6-19(22)16-25(31)28-20-13-11-18(12-14-20)26(32)30-17-21-7-5-15-29(21)23-9-3-4-10-24(23)30/h1-15H,16-17H2,(H,28,31). The van der Waals surface area contributed by atoms with Gasteiger partial charge in [-0.25, -0.2) is 0 Å². The van der Waals surface area contributed by atoms with Crippen LogP contribution < -0.4 is 10.2 Å². The Morgan fingerprint density at radius 3 is 2.34 bits per heavy atom. The number of aromatic nitrogens is 1. The molecule has 1 aromatic heterocycles. The van der Waals surface area contributed by atoms with Gasteiger partial charge < -0.3 is 14.8 Å². The van der Waals surface area contributed by atoms with E-state index < -0.39 is 0 Å². The molecule has 1 N–H and O–H groups in total. The van der Waals surface area contributed by atoms with Gasteiger partial charge >= 0.3 is 0 Å². The summed E-state index contributed by atoms with van der Waals surface area (Å²) in [4.78, 5) is 27.5. The summed E-state index contributed by atoms with van der Waals surface area (Å²) in [6.07, 6.45) is 2.20. The van der Waals surface area contributed by atoms with Gasteiger partial charge in [0.1, 0.15) is 0 Å². The van der Waals surface area contributed by atoms with Gasteiger partial charge in [-0.2, -0.15) is 0 Å². The van der Waals surface area contributed by atoms with Crippen LogP contribution in [0.15, 0.2) is 91.1 Å². The third-order valence-corrected chi connectivity index (χ3v) is 5.92. The Hall–Kier alpha value is -3.83. The largest absolute Gasteiger partial charge is 0.326 e. The molecule has 4 aromatic rings. The molecule has 32 heavy (non-hydrogen) atoms.